The molecule has 0 aromatic heterocycles. The van der Waals surface area contributed by atoms with Crippen LogP contribution in [0, 0.1) is 5.41 Å². The van der Waals surface area contributed by atoms with Crippen molar-refractivity contribution in [2.45, 2.75) is 20.3 Å². The van der Waals surface area contributed by atoms with Gasteiger partial charge in [-0.3, -0.25) is 0 Å². The van der Waals surface area contributed by atoms with E-state index < -0.39 is 0 Å². The average Bonchev–Trinajstić information content (AvgIpc) is 2.34. The number of benzene rings is 1. The highest BCUT2D eigenvalue weighted by Crippen LogP contribution is 2.36. The van der Waals surface area contributed by atoms with Gasteiger partial charge in [-0.1, -0.05) is 26.0 Å². The fourth-order valence-electron chi connectivity index (χ4n) is 2.01. The number of ether oxygens (including phenoxy) is 3. The SMILES string of the molecule is COc1cc2c(cc1OC)OCC(C)(C)/C=C\C2. The molecule has 0 unspecified atom stereocenters. The van der Waals surface area contributed by atoms with Crippen molar-refractivity contribution in [3.05, 3.63) is 29.8 Å². The molecule has 1 aromatic rings. The van der Waals surface area contributed by atoms with Crippen molar-refractivity contribution in [1.29, 1.82) is 0 Å². The summed E-state index contributed by atoms with van der Waals surface area (Å²) in [5.74, 6) is 2.33. The second-order valence-corrected chi connectivity index (χ2v) is 5.20. The van der Waals surface area contributed by atoms with Crippen LogP contribution in [0.2, 0.25) is 0 Å². The minimum Gasteiger partial charge on any atom is -0.493 e. The van der Waals surface area contributed by atoms with Gasteiger partial charge in [0.25, 0.3) is 0 Å². The lowest BCUT2D eigenvalue weighted by Crippen LogP contribution is -2.20. The van der Waals surface area contributed by atoms with E-state index in [0.717, 1.165) is 23.5 Å². The molecule has 1 aliphatic heterocycles. The van der Waals surface area contributed by atoms with Crippen molar-refractivity contribution in [3.63, 3.8) is 0 Å². The van der Waals surface area contributed by atoms with E-state index in [1.807, 2.05) is 12.1 Å². The Bertz CT molecular complexity index is 461. The fourth-order valence-corrected chi connectivity index (χ4v) is 2.01. The lowest BCUT2D eigenvalue weighted by atomic mass is 9.92. The highest BCUT2D eigenvalue weighted by molar-refractivity contribution is 5.51. The van der Waals surface area contributed by atoms with Gasteiger partial charge in [0.1, 0.15) is 5.75 Å². The topological polar surface area (TPSA) is 27.7 Å². The van der Waals surface area contributed by atoms with Gasteiger partial charge >= 0.3 is 0 Å². The van der Waals surface area contributed by atoms with Crippen LogP contribution in [0.25, 0.3) is 0 Å². The van der Waals surface area contributed by atoms with E-state index in [9.17, 15) is 0 Å². The molecule has 0 radical (unpaired) electrons. The van der Waals surface area contributed by atoms with E-state index in [0.29, 0.717) is 12.4 Å². The Morgan fingerprint density at radius 3 is 2.44 bits per heavy atom. The molecule has 0 bridgehead atoms. The third-order valence-corrected chi connectivity index (χ3v) is 3.07. The Kier molecular flexibility index (Phi) is 3.50. The monoisotopic (exact) mass is 248 g/mol. The number of fused-ring (bicyclic) bond motifs is 1. The van der Waals surface area contributed by atoms with Gasteiger partial charge < -0.3 is 14.2 Å². The normalized spacial score (nSPS) is 18.9. The third kappa shape index (κ3) is 2.61. The zero-order valence-electron chi connectivity index (χ0n) is 11.4. The molecule has 98 valence electrons. The molecule has 0 aliphatic carbocycles. The van der Waals surface area contributed by atoms with Crippen molar-refractivity contribution < 1.29 is 14.2 Å². The second kappa shape index (κ2) is 4.92. The summed E-state index contributed by atoms with van der Waals surface area (Å²) < 4.78 is 16.5. The summed E-state index contributed by atoms with van der Waals surface area (Å²) in [6.07, 6.45) is 5.24. The summed E-state index contributed by atoms with van der Waals surface area (Å²) in [6.45, 7) is 4.98. The Morgan fingerprint density at radius 2 is 1.78 bits per heavy atom. The predicted octanol–water partition coefficient (Wildman–Crippen LogP) is 3.22. The molecule has 0 saturated heterocycles. The quantitative estimate of drug-likeness (QED) is 0.752. The molecule has 1 heterocycles. The van der Waals surface area contributed by atoms with Crippen molar-refractivity contribution in [2.75, 3.05) is 20.8 Å². The largest absolute Gasteiger partial charge is 0.493 e. The van der Waals surface area contributed by atoms with E-state index in [1.54, 1.807) is 14.2 Å². The Balaban J connectivity index is 2.39. The van der Waals surface area contributed by atoms with Crippen LogP contribution in [0.1, 0.15) is 19.4 Å². The van der Waals surface area contributed by atoms with Crippen LogP contribution in [0.3, 0.4) is 0 Å². The lowest BCUT2D eigenvalue weighted by Gasteiger charge is -2.24. The number of rotatable bonds is 2. The Morgan fingerprint density at radius 1 is 1.11 bits per heavy atom. The van der Waals surface area contributed by atoms with Crippen LogP contribution >= 0.6 is 0 Å². The van der Waals surface area contributed by atoms with Crippen molar-refractivity contribution >= 4 is 0 Å². The van der Waals surface area contributed by atoms with E-state index in [2.05, 4.69) is 26.0 Å². The minimum atomic E-state index is 0.0604. The molecule has 0 saturated carbocycles. The molecule has 0 fully saturated rings. The number of hydrogen-bond acceptors (Lipinski definition) is 3. The van der Waals surface area contributed by atoms with Crippen LogP contribution < -0.4 is 14.2 Å². The van der Waals surface area contributed by atoms with Gasteiger partial charge in [-0.05, 0) is 12.5 Å². The van der Waals surface area contributed by atoms with Crippen LogP contribution in [0.15, 0.2) is 24.3 Å². The molecule has 1 aliphatic rings. The zero-order chi connectivity index (χ0) is 13.2. The molecule has 2 rings (SSSR count). The van der Waals surface area contributed by atoms with E-state index in [4.69, 9.17) is 14.2 Å². The van der Waals surface area contributed by atoms with Gasteiger partial charge in [0, 0.05) is 17.0 Å². The third-order valence-electron chi connectivity index (χ3n) is 3.07. The van der Waals surface area contributed by atoms with E-state index in [-0.39, 0.29) is 5.41 Å². The summed E-state index contributed by atoms with van der Waals surface area (Å²) in [5.41, 5.74) is 1.18. The summed E-state index contributed by atoms with van der Waals surface area (Å²) in [4.78, 5) is 0. The molecule has 18 heavy (non-hydrogen) atoms. The lowest BCUT2D eigenvalue weighted by molar-refractivity contribution is 0.216. The summed E-state index contributed by atoms with van der Waals surface area (Å²) in [7, 11) is 3.28. The van der Waals surface area contributed by atoms with E-state index in [1.165, 1.54) is 0 Å². The average molecular weight is 248 g/mol. The van der Waals surface area contributed by atoms with Gasteiger partial charge in [-0.2, -0.15) is 0 Å². The Hall–Kier alpha value is -1.64. The van der Waals surface area contributed by atoms with Crippen LogP contribution in [-0.2, 0) is 6.42 Å². The first-order valence-corrected chi connectivity index (χ1v) is 6.11. The van der Waals surface area contributed by atoms with Gasteiger partial charge in [-0.15, -0.1) is 0 Å². The first-order valence-electron chi connectivity index (χ1n) is 6.11. The predicted molar refractivity (Wildman–Crippen MR) is 71.7 cm³/mol. The number of methoxy groups -OCH3 is 2. The van der Waals surface area contributed by atoms with Crippen molar-refractivity contribution in [3.8, 4) is 17.2 Å². The molecule has 0 amide bonds. The Labute approximate surface area is 108 Å². The minimum absolute atomic E-state index is 0.0604. The van der Waals surface area contributed by atoms with Crippen LogP contribution in [-0.4, -0.2) is 20.8 Å². The maximum absolute atomic E-state index is 5.90. The molecule has 0 N–H and O–H groups in total. The summed E-state index contributed by atoms with van der Waals surface area (Å²) in [5, 5.41) is 0. The van der Waals surface area contributed by atoms with Gasteiger partial charge in [0.05, 0.1) is 20.8 Å². The molecule has 3 heteroatoms. The molecule has 0 spiro atoms. The van der Waals surface area contributed by atoms with Crippen LogP contribution in [0.5, 0.6) is 17.2 Å². The molecular formula is C15H20O3. The van der Waals surface area contributed by atoms with Gasteiger partial charge in [-0.25, -0.2) is 0 Å². The highest BCUT2D eigenvalue weighted by Gasteiger charge is 2.19. The first kappa shape index (κ1) is 12.8. The fraction of sp³-hybridized carbons (Fsp3) is 0.467. The van der Waals surface area contributed by atoms with Crippen molar-refractivity contribution in [2.24, 2.45) is 5.41 Å². The van der Waals surface area contributed by atoms with Gasteiger partial charge in [0.15, 0.2) is 11.5 Å². The standard InChI is InChI=1S/C15H20O3/c1-15(2)7-5-6-11-8-13(16-3)14(17-4)9-12(11)18-10-15/h5,7-9H,6,10H2,1-4H3/b7-5-. The molecular weight excluding hydrogens is 228 g/mol. The second-order valence-electron chi connectivity index (χ2n) is 5.20. The first-order chi connectivity index (χ1) is 8.55. The van der Waals surface area contributed by atoms with E-state index >= 15 is 0 Å². The van der Waals surface area contributed by atoms with Crippen molar-refractivity contribution in [1.82, 2.24) is 0 Å². The summed E-state index contributed by atoms with van der Waals surface area (Å²) in [6, 6.07) is 3.89. The smallest absolute Gasteiger partial charge is 0.164 e. The molecule has 1 aromatic carbocycles. The molecule has 0 atom stereocenters. The maximum Gasteiger partial charge on any atom is 0.164 e. The molecule has 3 nitrogen and oxygen atoms in total. The van der Waals surface area contributed by atoms with Crippen LogP contribution in [0.4, 0.5) is 0 Å². The maximum atomic E-state index is 5.90. The highest BCUT2D eigenvalue weighted by atomic mass is 16.5. The number of allylic oxidation sites excluding steroid dienone is 1. The van der Waals surface area contributed by atoms with Gasteiger partial charge in [0.2, 0.25) is 0 Å². The summed E-state index contributed by atoms with van der Waals surface area (Å²) >= 11 is 0. The number of hydrogen-bond donors (Lipinski definition) is 0. The zero-order valence-corrected chi connectivity index (χ0v) is 11.4.